The van der Waals surface area contributed by atoms with E-state index in [4.69, 9.17) is 0 Å². The minimum atomic E-state index is -3.29. The fourth-order valence-electron chi connectivity index (χ4n) is 2.13. The van der Waals surface area contributed by atoms with Gasteiger partial charge in [0.1, 0.15) is 0 Å². The number of piperazine rings is 1. The van der Waals surface area contributed by atoms with Gasteiger partial charge in [-0.05, 0) is 41.2 Å². The number of likely N-dealkylation sites (N-methyl/N-ethyl adjacent to an activating group) is 1. The fraction of sp³-hybridized carbons (Fsp3) is 0.462. The predicted octanol–water partition coefficient (Wildman–Crippen LogP) is 1.24. The van der Waals surface area contributed by atoms with Gasteiger partial charge in [0.2, 0.25) is 0 Å². The van der Waals surface area contributed by atoms with E-state index in [-0.39, 0.29) is 10.8 Å². The molecule has 0 saturated carbocycles. The topological polar surface area (TPSA) is 57.7 Å². The predicted molar refractivity (Wildman–Crippen MR) is 80.7 cm³/mol. The molecular weight excluding hydrogens is 344 g/mol. The van der Waals surface area contributed by atoms with Gasteiger partial charge < -0.3 is 9.80 Å². The first-order chi connectivity index (χ1) is 9.29. The molecule has 1 amide bonds. The minimum absolute atomic E-state index is 0.0566. The number of rotatable bonds is 2. The van der Waals surface area contributed by atoms with Crippen molar-refractivity contribution in [1.29, 1.82) is 0 Å². The number of hydrogen-bond donors (Lipinski definition) is 0. The number of benzene rings is 1. The van der Waals surface area contributed by atoms with Crippen molar-refractivity contribution < 1.29 is 13.2 Å². The highest BCUT2D eigenvalue weighted by atomic mass is 79.9. The molecule has 0 bridgehead atoms. The molecule has 1 saturated heterocycles. The largest absolute Gasteiger partial charge is 0.336 e. The minimum Gasteiger partial charge on any atom is -0.336 e. The zero-order valence-electron chi connectivity index (χ0n) is 11.5. The molecule has 20 heavy (non-hydrogen) atoms. The van der Waals surface area contributed by atoms with E-state index in [2.05, 4.69) is 20.8 Å². The zero-order chi connectivity index (χ0) is 14.9. The molecule has 1 aliphatic rings. The molecule has 0 aliphatic carbocycles. The molecule has 110 valence electrons. The van der Waals surface area contributed by atoms with Crippen molar-refractivity contribution in [3.63, 3.8) is 0 Å². The van der Waals surface area contributed by atoms with Crippen LogP contribution >= 0.6 is 15.9 Å². The Morgan fingerprint density at radius 2 is 1.80 bits per heavy atom. The van der Waals surface area contributed by atoms with E-state index in [0.29, 0.717) is 23.1 Å². The van der Waals surface area contributed by atoms with Gasteiger partial charge in [0.15, 0.2) is 9.84 Å². The first-order valence-electron chi connectivity index (χ1n) is 6.26. The fourth-order valence-corrected chi connectivity index (χ4v) is 4.12. The number of amides is 1. The molecular formula is C13H17BrN2O3S. The molecule has 1 aromatic carbocycles. The van der Waals surface area contributed by atoms with Gasteiger partial charge in [0.05, 0.1) is 4.90 Å². The lowest BCUT2D eigenvalue weighted by Gasteiger charge is -2.32. The van der Waals surface area contributed by atoms with Crippen LogP contribution < -0.4 is 0 Å². The number of halogens is 1. The molecule has 1 aliphatic heterocycles. The van der Waals surface area contributed by atoms with Gasteiger partial charge in [0.25, 0.3) is 5.91 Å². The highest BCUT2D eigenvalue weighted by Gasteiger charge is 2.21. The zero-order valence-corrected chi connectivity index (χ0v) is 13.9. The maximum Gasteiger partial charge on any atom is 0.253 e. The smallest absolute Gasteiger partial charge is 0.253 e. The van der Waals surface area contributed by atoms with Gasteiger partial charge in [-0.25, -0.2) is 8.42 Å². The molecule has 0 N–H and O–H groups in total. The van der Waals surface area contributed by atoms with Crippen molar-refractivity contribution >= 4 is 31.7 Å². The summed E-state index contributed by atoms with van der Waals surface area (Å²) in [6.07, 6.45) is 1.15. The first-order valence-corrected chi connectivity index (χ1v) is 8.95. The molecule has 1 fully saturated rings. The van der Waals surface area contributed by atoms with Crippen LogP contribution in [0.1, 0.15) is 10.4 Å². The number of hydrogen-bond acceptors (Lipinski definition) is 4. The summed E-state index contributed by atoms with van der Waals surface area (Å²) in [4.78, 5) is 16.5. The maximum atomic E-state index is 12.4. The second-order valence-corrected chi connectivity index (χ2v) is 7.85. The number of carbonyl (C=O) groups is 1. The third kappa shape index (κ3) is 3.39. The average Bonchev–Trinajstić information content (AvgIpc) is 2.37. The van der Waals surface area contributed by atoms with Gasteiger partial charge in [-0.3, -0.25) is 4.79 Å². The van der Waals surface area contributed by atoms with Crippen molar-refractivity contribution in [2.24, 2.45) is 0 Å². The van der Waals surface area contributed by atoms with E-state index in [9.17, 15) is 13.2 Å². The van der Waals surface area contributed by atoms with Crippen molar-refractivity contribution in [3.8, 4) is 0 Å². The second kappa shape index (κ2) is 5.83. The Hall–Kier alpha value is -0.920. The van der Waals surface area contributed by atoms with Gasteiger partial charge in [0, 0.05) is 42.5 Å². The highest BCUT2D eigenvalue weighted by Crippen LogP contribution is 2.24. The van der Waals surface area contributed by atoms with Crippen LogP contribution in [0.2, 0.25) is 0 Å². The van der Waals surface area contributed by atoms with E-state index >= 15 is 0 Å². The van der Waals surface area contributed by atoms with Crippen molar-refractivity contribution in [1.82, 2.24) is 9.80 Å². The summed E-state index contributed by atoms with van der Waals surface area (Å²) in [5.74, 6) is -0.0566. The number of carbonyl (C=O) groups excluding carboxylic acids is 1. The molecule has 0 aromatic heterocycles. The lowest BCUT2D eigenvalue weighted by Crippen LogP contribution is -2.47. The standard InChI is InChI=1S/C13H17BrN2O3S/c1-15-5-7-16(8-6-15)13(17)10-3-4-12(11(14)9-10)20(2,18)19/h3-4,9H,5-8H2,1-2H3. The van der Waals surface area contributed by atoms with Crippen LogP contribution in [0.25, 0.3) is 0 Å². The van der Waals surface area contributed by atoms with E-state index < -0.39 is 9.84 Å². The normalized spacial score (nSPS) is 17.2. The Kier molecular flexibility index (Phi) is 4.51. The SMILES string of the molecule is CN1CCN(C(=O)c2ccc(S(C)(=O)=O)c(Br)c2)CC1. The Morgan fingerprint density at radius 1 is 1.20 bits per heavy atom. The Labute approximate surface area is 127 Å². The van der Waals surface area contributed by atoms with Crippen LogP contribution in [-0.4, -0.2) is 63.6 Å². The Balaban J connectivity index is 2.22. The molecule has 0 radical (unpaired) electrons. The molecule has 1 heterocycles. The molecule has 2 rings (SSSR count). The van der Waals surface area contributed by atoms with Gasteiger partial charge in [-0.15, -0.1) is 0 Å². The van der Waals surface area contributed by atoms with Crippen molar-refractivity contribution in [3.05, 3.63) is 28.2 Å². The summed E-state index contributed by atoms with van der Waals surface area (Å²) in [5.41, 5.74) is 0.508. The van der Waals surface area contributed by atoms with Crippen LogP contribution in [0.3, 0.4) is 0 Å². The van der Waals surface area contributed by atoms with Crippen LogP contribution in [0.15, 0.2) is 27.6 Å². The third-order valence-electron chi connectivity index (χ3n) is 3.37. The quantitative estimate of drug-likeness (QED) is 0.796. The van der Waals surface area contributed by atoms with Crippen molar-refractivity contribution in [2.45, 2.75) is 4.90 Å². The van der Waals surface area contributed by atoms with E-state index in [1.807, 2.05) is 7.05 Å². The van der Waals surface area contributed by atoms with Crippen LogP contribution in [0, 0.1) is 0 Å². The number of nitrogens with zero attached hydrogens (tertiary/aromatic N) is 2. The summed E-state index contributed by atoms with van der Waals surface area (Å²) >= 11 is 3.23. The third-order valence-corrected chi connectivity index (χ3v) is 5.44. The summed E-state index contributed by atoms with van der Waals surface area (Å²) in [7, 11) is -1.26. The van der Waals surface area contributed by atoms with Crippen LogP contribution in [-0.2, 0) is 9.84 Å². The van der Waals surface area contributed by atoms with Gasteiger partial charge in [-0.2, -0.15) is 0 Å². The Bertz CT molecular complexity index is 623. The molecule has 0 spiro atoms. The molecule has 7 heteroatoms. The summed E-state index contributed by atoms with van der Waals surface area (Å²) < 4.78 is 23.5. The van der Waals surface area contributed by atoms with Gasteiger partial charge in [-0.1, -0.05) is 0 Å². The first kappa shape index (κ1) is 15.5. The summed E-state index contributed by atoms with van der Waals surface area (Å²) in [5, 5.41) is 0. The maximum absolute atomic E-state index is 12.4. The molecule has 0 unspecified atom stereocenters. The Morgan fingerprint density at radius 3 is 2.30 bits per heavy atom. The molecule has 5 nitrogen and oxygen atoms in total. The highest BCUT2D eigenvalue weighted by molar-refractivity contribution is 9.10. The lowest BCUT2D eigenvalue weighted by atomic mass is 10.2. The van der Waals surface area contributed by atoms with Crippen LogP contribution in [0.4, 0.5) is 0 Å². The summed E-state index contributed by atoms with van der Waals surface area (Å²) in [6, 6.07) is 4.63. The molecule has 0 atom stereocenters. The van der Waals surface area contributed by atoms with E-state index in [1.54, 1.807) is 17.0 Å². The number of sulfone groups is 1. The molecule has 1 aromatic rings. The lowest BCUT2D eigenvalue weighted by molar-refractivity contribution is 0.0664. The summed E-state index contributed by atoms with van der Waals surface area (Å²) in [6.45, 7) is 3.10. The van der Waals surface area contributed by atoms with Crippen LogP contribution in [0.5, 0.6) is 0 Å². The van der Waals surface area contributed by atoms with Gasteiger partial charge >= 0.3 is 0 Å². The monoisotopic (exact) mass is 360 g/mol. The van der Waals surface area contributed by atoms with Crippen molar-refractivity contribution in [2.75, 3.05) is 39.5 Å². The van der Waals surface area contributed by atoms with E-state index in [1.165, 1.54) is 6.07 Å². The second-order valence-electron chi connectivity index (χ2n) is 5.01. The van der Waals surface area contributed by atoms with E-state index in [0.717, 1.165) is 19.3 Å². The average molecular weight is 361 g/mol.